The van der Waals surface area contributed by atoms with Gasteiger partial charge in [-0.2, -0.15) is 0 Å². The SMILES string of the molecule is CCCCCCCN(CCCCCCC)C(=O)OCCCC. The lowest BCUT2D eigenvalue weighted by molar-refractivity contribution is 0.0995. The van der Waals surface area contributed by atoms with Gasteiger partial charge in [-0.3, -0.25) is 0 Å². The number of carbonyl (C=O) groups excluding carboxylic acids is 1. The van der Waals surface area contributed by atoms with E-state index in [4.69, 9.17) is 4.74 Å². The number of amides is 1. The van der Waals surface area contributed by atoms with Crippen molar-refractivity contribution in [1.29, 1.82) is 0 Å². The molecule has 0 aliphatic carbocycles. The Bertz CT molecular complexity index is 230. The van der Waals surface area contributed by atoms with E-state index in [0.29, 0.717) is 6.61 Å². The molecule has 0 fully saturated rings. The van der Waals surface area contributed by atoms with E-state index in [-0.39, 0.29) is 6.09 Å². The minimum Gasteiger partial charge on any atom is -0.449 e. The Hall–Kier alpha value is -0.730. The molecule has 0 aromatic heterocycles. The first-order chi connectivity index (χ1) is 10.8. The Labute approximate surface area is 138 Å². The molecule has 0 rings (SSSR count). The van der Waals surface area contributed by atoms with Crippen LogP contribution in [0.3, 0.4) is 0 Å². The highest BCUT2D eigenvalue weighted by molar-refractivity contribution is 5.67. The van der Waals surface area contributed by atoms with Crippen molar-refractivity contribution in [2.45, 2.75) is 97.8 Å². The fraction of sp³-hybridized carbons (Fsp3) is 0.947. The van der Waals surface area contributed by atoms with E-state index in [1.807, 2.05) is 4.90 Å². The van der Waals surface area contributed by atoms with Crippen LogP contribution in [0.15, 0.2) is 0 Å². The first-order valence-corrected chi connectivity index (χ1v) is 9.67. The summed E-state index contributed by atoms with van der Waals surface area (Å²) in [5, 5.41) is 0. The molecule has 0 spiro atoms. The fourth-order valence-electron chi connectivity index (χ4n) is 2.50. The first kappa shape index (κ1) is 21.3. The molecule has 1 amide bonds. The van der Waals surface area contributed by atoms with Crippen LogP contribution < -0.4 is 0 Å². The Balaban J connectivity index is 3.98. The number of unbranched alkanes of at least 4 members (excludes halogenated alkanes) is 9. The molecule has 0 aromatic rings. The smallest absolute Gasteiger partial charge is 0.409 e. The Kier molecular flexibility index (Phi) is 16.1. The molecule has 0 atom stereocenters. The Morgan fingerprint density at radius 1 is 0.682 bits per heavy atom. The van der Waals surface area contributed by atoms with Crippen molar-refractivity contribution in [1.82, 2.24) is 4.90 Å². The summed E-state index contributed by atoms with van der Waals surface area (Å²) in [5.74, 6) is 0. The molecule has 0 aliphatic heterocycles. The summed E-state index contributed by atoms with van der Waals surface area (Å²) in [6.07, 6.45) is 14.3. The third kappa shape index (κ3) is 13.0. The molecule has 0 aromatic carbocycles. The van der Waals surface area contributed by atoms with Crippen molar-refractivity contribution < 1.29 is 9.53 Å². The normalized spacial score (nSPS) is 10.7. The molecule has 0 aliphatic rings. The van der Waals surface area contributed by atoms with Crippen LogP contribution in [0.1, 0.15) is 97.8 Å². The van der Waals surface area contributed by atoms with Crippen LogP contribution in [0.5, 0.6) is 0 Å². The standard InChI is InChI=1S/C19H39NO2/c1-4-7-10-12-14-16-20(17-15-13-11-8-5-2)19(21)22-18-9-6-3/h4-18H2,1-3H3. The maximum atomic E-state index is 12.2. The van der Waals surface area contributed by atoms with Gasteiger partial charge >= 0.3 is 6.09 Å². The second-order valence-corrected chi connectivity index (χ2v) is 6.28. The molecule has 0 heterocycles. The van der Waals surface area contributed by atoms with Crippen molar-refractivity contribution in [2.24, 2.45) is 0 Å². The largest absolute Gasteiger partial charge is 0.449 e. The van der Waals surface area contributed by atoms with Gasteiger partial charge in [-0.15, -0.1) is 0 Å². The summed E-state index contributed by atoms with van der Waals surface area (Å²) < 4.78 is 5.39. The predicted molar refractivity (Wildman–Crippen MR) is 95.3 cm³/mol. The summed E-state index contributed by atoms with van der Waals surface area (Å²) in [7, 11) is 0. The van der Waals surface area contributed by atoms with Crippen LogP contribution in [-0.4, -0.2) is 30.7 Å². The van der Waals surface area contributed by atoms with Gasteiger partial charge in [0.25, 0.3) is 0 Å². The highest BCUT2D eigenvalue weighted by Crippen LogP contribution is 2.09. The highest BCUT2D eigenvalue weighted by Gasteiger charge is 2.13. The third-order valence-electron chi connectivity index (χ3n) is 4.04. The number of hydrogen-bond donors (Lipinski definition) is 0. The summed E-state index contributed by atoms with van der Waals surface area (Å²) in [5.41, 5.74) is 0. The fourth-order valence-corrected chi connectivity index (χ4v) is 2.50. The van der Waals surface area contributed by atoms with Crippen molar-refractivity contribution in [3.8, 4) is 0 Å². The quantitative estimate of drug-likeness (QED) is 0.338. The van der Waals surface area contributed by atoms with Crippen molar-refractivity contribution in [3.63, 3.8) is 0 Å². The number of hydrogen-bond acceptors (Lipinski definition) is 2. The Morgan fingerprint density at radius 2 is 1.14 bits per heavy atom. The summed E-state index contributed by atoms with van der Waals surface area (Å²) in [4.78, 5) is 14.1. The molecule has 22 heavy (non-hydrogen) atoms. The summed E-state index contributed by atoms with van der Waals surface area (Å²) in [6, 6.07) is 0. The third-order valence-corrected chi connectivity index (χ3v) is 4.04. The van der Waals surface area contributed by atoms with Crippen molar-refractivity contribution in [3.05, 3.63) is 0 Å². The van der Waals surface area contributed by atoms with Gasteiger partial charge in [-0.05, 0) is 19.3 Å². The van der Waals surface area contributed by atoms with Crippen molar-refractivity contribution in [2.75, 3.05) is 19.7 Å². The van der Waals surface area contributed by atoms with Gasteiger partial charge in [-0.25, -0.2) is 4.79 Å². The summed E-state index contributed by atoms with van der Waals surface area (Å²) in [6.45, 7) is 8.87. The molecule has 0 saturated heterocycles. The van der Waals surface area contributed by atoms with Gasteiger partial charge in [0, 0.05) is 13.1 Å². The van der Waals surface area contributed by atoms with Crippen LogP contribution in [0.2, 0.25) is 0 Å². The van der Waals surface area contributed by atoms with E-state index in [1.54, 1.807) is 0 Å². The second kappa shape index (κ2) is 16.6. The molecule has 0 radical (unpaired) electrons. The van der Waals surface area contributed by atoms with Gasteiger partial charge in [0.05, 0.1) is 6.61 Å². The van der Waals surface area contributed by atoms with E-state index in [0.717, 1.165) is 38.8 Å². The molecule has 3 heteroatoms. The minimum absolute atomic E-state index is 0.0977. The number of carbonyl (C=O) groups is 1. The Morgan fingerprint density at radius 3 is 1.59 bits per heavy atom. The maximum Gasteiger partial charge on any atom is 0.409 e. The highest BCUT2D eigenvalue weighted by atomic mass is 16.6. The zero-order valence-corrected chi connectivity index (χ0v) is 15.4. The van der Waals surface area contributed by atoms with Gasteiger partial charge in [0.2, 0.25) is 0 Å². The number of nitrogens with zero attached hydrogens (tertiary/aromatic N) is 1. The van der Waals surface area contributed by atoms with Gasteiger partial charge in [-0.1, -0.05) is 78.6 Å². The van der Waals surface area contributed by atoms with Crippen LogP contribution in [0, 0.1) is 0 Å². The monoisotopic (exact) mass is 313 g/mol. The van der Waals surface area contributed by atoms with Crippen LogP contribution >= 0.6 is 0 Å². The molecule has 3 nitrogen and oxygen atoms in total. The topological polar surface area (TPSA) is 29.5 Å². The van der Waals surface area contributed by atoms with E-state index in [9.17, 15) is 4.79 Å². The van der Waals surface area contributed by atoms with E-state index in [1.165, 1.54) is 51.4 Å². The molecule has 0 bridgehead atoms. The van der Waals surface area contributed by atoms with Gasteiger partial charge < -0.3 is 9.64 Å². The lowest BCUT2D eigenvalue weighted by Crippen LogP contribution is -2.33. The predicted octanol–water partition coefficient (Wildman–Crippen LogP) is 6.17. The van der Waals surface area contributed by atoms with Crippen LogP contribution in [0.25, 0.3) is 0 Å². The molecular weight excluding hydrogens is 274 g/mol. The average Bonchev–Trinajstić information content (AvgIpc) is 2.52. The van der Waals surface area contributed by atoms with Gasteiger partial charge in [0.1, 0.15) is 0 Å². The minimum atomic E-state index is -0.0977. The average molecular weight is 314 g/mol. The van der Waals surface area contributed by atoms with Crippen LogP contribution in [0.4, 0.5) is 4.79 Å². The lowest BCUT2D eigenvalue weighted by Gasteiger charge is -2.22. The second-order valence-electron chi connectivity index (χ2n) is 6.28. The molecular formula is C19H39NO2. The van der Waals surface area contributed by atoms with Gasteiger partial charge in [0.15, 0.2) is 0 Å². The zero-order chi connectivity index (χ0) is 16.5. The zero-order valence-electron chi connectivity index (χ0n) is 15.4. The van der Waals surface area contributed by atoms with Crippen molar-refractivity contribution >= 4 is 6.09 Å². The van der Waals surface area contributed by atoms with Crippen LogP contribution in [-0.2, 0) is 4.74 Å². The molecule has 0 N–H and O–H groups in total. The van der Waals surface area contributed by atoms with E-state index < -0.39 is 0 Å². The molecule has 0 saturated carbocycles. The lowest BCUT2D eigenvalue weighted by atomic mass is 10.1. The first-order valence-electron chi connectivity index (χ1n) is 9.67. The number of rotatable bonds is 15. The molecule has 0 unspecified atom stereocenters. The number of ether oxygens (including phenoxy) is 1. The molecule has 132 valence electrons. The van der Waals surface area contributed by atoms with E-state index in [2.05, 4.69) is 20.8 Å². The van der Waals surface area contributed by atoms with E-state index >= 15 is 0 Å². The maximum absolute atomic E-state index is 12.2. The summed E-state index contributed by atoms with van der Waals surface area (Å²) >= 11 is 0.